The van der Waals surface area contributed by atoms with Crippen LogP contribution in [-0.2, 0) is 46.7 Å². The first-order chi connectivity index (χ1) is 7.06. The van der Waals surface area contributed by atoms with E-state index >= 15 is 0 Å². The van der Waals surface area contributed by atoms with E-state index in [1.165, 1.54) is 13.8 Å². The molecule has 2 bridgehead atoms. The fourth-order valence-corrected chi connectivity index (χ4v) is 2.62. The molecule has 0 aliphatic heterocycles. The monoisotopic (exact) mass is 448 g/mol. The van der Waals surface area contributed by atoms with Gasteiger partial charge in [-0.1, -0.05) is 0 Å². The van der Waals surface area contributed by atoms with E-state index in [9.17, 15) is 9.59 Å². The van der Waals surface area contributed by atoms with Gasteiger partial charge in [0, 0.05) is 32.1 Å². The number of hydrogen-bond acceptors (Lipinski definition) is 4. The van der Waals surface area contributed by atoms with Crippen LogP contribution in [0.15, 0.2) is 0 Å². The number of carbonyl (C=O) groups is 2. The predicted molar refractivity (Wildman–Crippen MR) is 51.6 cm³/mol. The van der Waals surface area contributed by atoms with E-state index in [-0.39, 0.29) is 70.1 Å². The zero-order valence-corrected chi connectivity index (χ0v) is 16.3. The number of hydrogen-bond donors (Lipinski definition) is 0. The van der Waals surface area contributed by atoms with E-state index < -0.39 is 0 Å². The zero-order valence-electron chi connectivity index (χ0n) is 10.0. The van der Waals surface area contributed by atoms with Gasteiger partial charge in [-0.15, -0.1) is 0 Å². The van der Waals surface area contributed by atoms with Gasteiger partial charge in [0.15, 0.2) is 0 Å². The first kappa shape index (κ1) is 17.2. The van der Waals surface area contributed by atoms with Crippen molar-refractivity contribution in [3.63, 3.8) is 0 Å². The Kier molecular flexibility index (Phi) is 7.00. The summed E-state index contributed by atoms with van der Waals surface area (Å²) in [6, 6.07) is 0. The molecule has 17 heavy (non-hydrogen) atoms. The molecule has 0 N–H and O–H groups in total. The summed E-state index contributed by atoms with van der Waals surface area (Å²) in [6.45, 7) is 2.85. The molecule has 2 rings (SSSR count). The third-order valence-corrected chi connectivity index (χ3v) is 3.11. The molecule has 6 heteroatoms. The molecule has 0 heterocycles. The second-order valence-electron chi connectivity index (χ2n) is 4.31. The van der Waals surface area contributed by atoms with Crippen molar-refractivity contribution in [2.75, 3.05) is 0 Å². The minimum atomic E-state index is -0.243. The second kappa shape index (κ2) is 6.93. The Morgan fingerprint density at radius 2 is 1.71 bits per heavy atom. The maximum absolute atomic E-state index is 10.8. The smallest absolute Gasteiger partial charge is 1.00 e. The fraction of sp³-hybridized carbons (Fsp3) is 0.727. The van der Waals surface area contributed by atoms with Crippen LogP contribution < -0.4 is 12.4 Å². The van der Waals surface area contributed by atoms with Crippen molar-refractivity contribution in [2.45, 2.75) is 38.9 Å². The molecule has 2 aliphatic carbocycles. The van der Waals surface area contributed by atoms with Crippen molar-refractivity contribution in [1.82, 2.24) is 0 Å². The van der Waals surface area contributed by atoms with Crippen LogP contribution in [0.2, 0.25) is 0 Å². The predicted octanol–water partition coefficient (Wildman–Crippen LogP) is -1.90. The van der Waals surface area contributed by atoms with Crippen LogP contribution in [0.25, 0.3) is 0 Å². The Morgan fingerprint density at radius 1 is 1.12 bits per heavy atom. The summed E-state index contributed by atoms with van der Waals surface area (Å²) in [5, 5.41) is 0. The summed E-state index contributed by atoms with van der Waals surface area (Å²) in [6.07, 6.45) is 3.72. The first-order valence-electron chi connectivity index (χ1n) is 5.25. The average molecular weight is 447 g/mol. The summed E-state index contributed by atoms with van der Waals surface area (Å²) >= 11 is 0. The molecular weight excluding hydrogens is 432 g/mol. The third kappa shape index (κ3) is 4.09. The minimum Gasteiger partial charge on any atom is -1.00 e. The molecule has 2 fully saturated rings. The third-order valence-electron chi connectivity index (χ3n) is 3.11. The maximum atomic E-state index is 10.8. The van der Waals surface area contributed by atoms with Crippen LogP contribution >= 0.6 is 0 Å². The van der Waals surface area contributed by atoms with Crippen molar-refractivity contribution in [1.29, 1.82) is 0 Å². The number of rotatable bonds is 2. The number of ether oxygens (including phenoxy) is 2. The summed E-state index contributed by atoms with van der Waals surface area (Å²) in [7, 11) is 0. The van der Waals surface area contributed by atoms with Gasteiger partial charge >= 0.3 is 39.6 Å². The molecule has 0 aromatic rings. The quantitative estimate of drug-likeness (QED) is 0.367. The molecular formula is C11H15ClHgO4. The molecule has 92 valence electrons. The van der Waals surface area contributed by atoms with E-state index in [2.05, 4.69) is 0 Å². The van der Waals surface area contributed by atoms with E-state index in [1.807, 2.05) is 6.42 Å². The molecule has 2 saturated carbocycles. The number of carbonyl (C=O) groups excluding carboxylic acids is 2. The van der Waals surface area contributed by atoms with Gasteiger partial charge in [0.2, 0.25) is 0 Å². The fourth-order valence-electron chi connectivity index (χ4n) is 2.62. The van der Waals surface area contributed by atoms with Crippen LogP contribution in [0.4, 0.5) is 0 Å². The molecule has 4 nitrogen and oxygen atoms in total. The van der Waals surface area contributed by atoms with Gasteiger partial charge in [-0.05, 0) is 12.8 Å². The Hall–Kier alpha value is 0.165. The molecule has 0 saturated heterocycles. The van der Waals surface area contributed by atoms with Crippen LogP contribution in [-0.4, -0.2) is 24.1 Å². The molecule has 0 amide bonds. The second-order valence-corrected chi connectivity index (χ2v) is 4.31. The Bertz CT molecular complexity index is 269. The maximum Gasteiger partial charge on any atom is 1.00 e. The summed E-state index contributed by atoms with van der Waals surface area (Å²) in [5.74, 6) is 0.129. The standard InChI is InChI=1S/C11H15O4.ClH.Hg/c1-6(12)14-10-4-9-3-8(10)5-11(9)15-7(2)13;;/h4,8-11H,3,5H2,1-2H3;1H;/q;;+1/p-1/t8-,9-,10+,11+;;/m1../s1. The van der Waals surface area contributed by atoms with Crippen LogP contribution in [0.5, 0.6) is 0 Å². The number of halogens is 1. The molecule has 0 aromatic heterocycles. The van der Waals surface area contributed by atoms with Crippen LogP contribution in [0.3, 0.4) is 0 Å². The molecule has 2 aliphatic rings. The van der Waals surface area contributed by atoms with Gasteiger partial charge in [-0.2, -0.15) is 0 Å². The van der Waals surface area contributed by atoms with E-state index in [0.717, 1.165) is 12.8 Å². The van der Waals surface area contributed by atoms with Crippen molar-refractivity contribution >= 4 is 11.9 Å². The van der Waals surface area contributed by atoms with Gasteiger partial charge in [0.1, 0.15) is 12.2 Å². The molecule has 0 aromatic carbocycles. The number of fused-ring (bicyclic) bond motifs is 2. The average Bonchev–Trinajstić information content (AvgIpc) is 2.60. The van der Waals surface area contributed by atoms with Crippen molar-refractivity contribution in [3.8, 4) is 0 Å². The molecule has 2 radical (unpaired) electrons. The zero-order chi connectivity index (χ0) is 11.0. The van der Waals surface area contributed by atoms with Gasteiger partial charge in [0.25, 0.3) is 0 Å². The summed E-state index contributed by atoms with van der Waals surface area (Å²) < 4.78 is 10.4. The van der Waals surface area contributed by atoms with Crippen molar-refractivity contribution < 1.29 is 59.1 Å². The van der Waals surface area contributed by atoms with E-state index in [4.69, 9.17) is 9.47 Å². The SMILES string of the molecule is CC(=O)O[C@H]1[CH][C@H]2C[C@@H]1C[C@@H]2OC(C)=O.[Cl-].[Hg+]. The Balaban J connectivity index is 0.00000128. The van der Waals surface area contributed by atoms with Crippen molar-refractivity contribution in [3.05, 3.63) is 6.42 Å². The summed E-state index contributed by atoms with van der Waals surface area (Å²) in [4.78, 5) is 21.6. The van der Waals surface area contributed by atoms with Gasteiger partial charge < -0.3 is 21.9 Å². The first-order valence-corrected chi connectivity index (χ1v) is 5.25. The topological polar surface area (TPSA) is 52.6 Å². The minimum absolute atomic E-state index is 0. The van der Waals surface area contributed by atoms with E-state index in [0.29, 0.717) is 5.92 Å². The normalized spacial score (nSPS) is 33.3. The number of esters is 2. The molecule has 0 spiro atoms. The molecule has 4 atom stereocenters. The van der Waals surface area contributed by atoms with Crippen molar-refractivity contribution in [2.24, 2.45) is 11.8 Å². The van der Waals surface area contributed by atoms with Crippen LogP contribution in [0, 0.1) is 18.3 Å². The van der Waals surface area contributed by atoms with Gasteiger partial charge in [-0.25, -0.2) is 0 Å². The van der Waals surface area contributed by atoms with Gasteiger partial charge in [-0.3, -0.25) is 9.59 Å². The Morgan fingerprint density at radius 3 is 2.12 bits per heavy atom. The largest absolute Gasteiger partial charge is 1.00 e. The summed E-state index contributed by atoms with van der Waals surface area (Å²) in [5.41, 5.74) is 0. The Labute approximate surface area is 128 Å². The van der Waals surface area contributed by atoms with Crippen LogP contribution in [0.1, 0.15) is 26.7 Å². The molecule has 0 unspecified atom stereocenters. The van der Waals surface area contributed by atoms with Gasteiger partial charge in [0.05, 0.1) is 0 Å². The van der Waals surface area contributed by atoms with E-state index in [1.54, 1.807) is 0 Å².